The third-order valence-electron chi connectivity index (χ3n) is 5.33. The van der Waals surface area contributed by atoms with Crippen LogP contribution in [0.2, 0.25) is 0 Å². The van der Waals surface area contributed by atoms with Gasteiger partial charge in [0, 0.05) is 5.57 Å². The second-order valence-electron chi connectivity index (χ2n) is 8.51. The van der Waals surface area contributed by atoms with Gasteiger partial charge >= 0.3 is 83.4 Å². The summed E-state index contributed by atoms with van der Waals surface area (Å²) < 4.78 is 364. The number of hydrogen-bond acceptors (Lipinski definition) is 2. The van der Waals surface area contributed by atoms with Gasteiger partial charge in [0.2, 0.25) is 0 Å². The molecular weight excluding hydrogens is 749 g/mol. The highest BCUT2D eigenvalue weighted by Gasteiger charge is 3.01. The monoisotopic (exact) mass is 754 g/mol. The molecule has 0 rings (SSSR count). The molecule has 0 aliphatic carbocycles. The molecule has 0 amide bonds. The summed E-state index contributed by atoms with van der Waals surface area (Å²) >= 11 is 0. The Hall–Kier alpha value is -2.68. The third kappa shape index (κ3) is 5.14. The highest BCUT2D eigenvalue weighted by molar-refractivity contribution is 5.87. The van der Waals surface area contributed by atoms with Crippen LogP contribution in [0, 0.1) is 0 Å². The average Bonchev–Trinajstić information content (AvgIpc) is 2.79. The summed E-state index contributed by atoms with van der Waals surface area (Å²) in [6.45, 7) is 1.77. The van der Waals surface area contributed by atoms with E-state index in [0.29, 0.717) is 0 Å². The molecule has 0 aliphatic heterocycles. The van der Waals surface area contributed by atoms with Crippen molar-refractivity contribution in [2.45, 2.75) is 84.4 Å². The Labute approximate surface area is 232 Å². The van der Waals surface area contributed by atoms with Crippen LogP contribution in [0.3, 0.4) is 0 Å². The first-order chi connectivity index (χ1) is 19.3. The summed E-state index contributed by atoms with van der Waals surface area (Å²) in [6, 6.07) is 0. The summed E-state index contributed by atoms with van der Waals surface area (Å²) in [5.41, 5.74) is -11.4. The van der Waals surface area contributed by atoms with Crippen LogP contribution in [0.4, 0.5) is 119 Å². The summed E-state index contributed by atoms with van der Waals surface area (Å²) in [7, 11) is 0. The Morgan fingerprint density at radius 3 is 0.870 bits per heavy atom. The van der Waals surface area contributed by atoms with Crippen LogP contribution >= 0.6 is 0 Å². The van der Waals surface area contributed by atoms with Crippen LogP contribution in [-0.2, 0) is 9.53 Å². The lowest BCUT2D eigenvalue weighted by molar-refractivity contribution is -0.497. The summed E-state index contributed by atoms with van der Waals surface area (Å²) in [6.07, 6.45) is -25.7. The Morgan fingerprint density at radius 2 is 0.630 bits per heavy atom. The molecule has 0 aromatic heterocycles. The van der Waals surface area contributed by atoms with Gasteiger partial charge in [-0.15, -0.1) is 0 Å². The Morgan fingerprint density at radius 1 is 0.391 bits per heavy atom. The van der Waals surface area contributed by atoms with Crippen LogP contribution in [0.25, 0.3) is 0 Å². The number of ether oxygens (including phenoxy) is 1. The van der Waals surface area contributed by atoms with Crippen LogP contribution in [0.5, 0.6) is 0 Å². The summed E-state index contributed by atoms with van der Waals surface area (Å²) in [5.74, 6) is -89.0. The fourth-order valence-corrected chi connectivity index (χ4v) is 2.64. The van der Waals surface area contributed by atoms with Crippen molar-refractivity contribution >= 4 is 5.97 Å². The van der Waals surface area contributed by atoms with E-state index in [1.54, 1.807) is 0 Å². The largest absolute Gasteiger partial charge is 0.460 e. The average molecular weight is 754 g/mol. The minimum absolute atomic E-state index is 0.254. The second-order valence-corrected chi connectivity index (χ2v) is 8.51. The fourth-order valence-electron chi connectivity index (χ4n) is 2.64. The van der Waals surface area contributed by atoms with Crippen molar-refractivity contribution in [3.8, 4) is 0 Å². The molecule has 0 fully saturated rings. The van der Waals surface area contributed by atoms with Gasteiger partial charge in [-0.05, 0) is 6.92 Å². The molecule has 0 aromatic carbocycles. The zero-order valence-corrected chi connectivity index (χ0v) is 20.2. The number of hydrogen-bond donors (Lipinski definition) is 0. The molecule has 1 atom stereocenters. The van der Waals surface area contributed by atoms with Gasteiger partial charge in [0.1, 0.15) is 0 Å². The number of halogens is 27. The van der Waals surface area contributed by atoms with E-state index < -0.39 is 89.0 Å². The quantitative estimate of drug-likeness (QED) is 0.120. The van der Waals surface area contributed by atoms with Crippen molar-refractivity contribution in [3.05, 3.63) is 12.2 Å². The van der Waals surface area contributed by atoms with Crippen LogP contribution in [0.1, 0.15) is 6.92 Å². The van der Waals surface area contributed by atoms with E-state index in [4.69, 9.17) is 0 Å². The number of alkyl halides is 27. The third-order valence-corrected chi connectivity index (χ3v) is 5.33. The molecule has 0 aromatic rings. The molecule has 0 N–H and O–H groups in total. The number of rotatable bonds is 11. The van der Waals surface area contributed by atoms with Crippen molar-refractivity contribution in [1.82, 2.24) is 0 Å². The minimum Gasteiger partial charge on any atom is -0.413 e. The molecule has 0 saturated heterocycles. The summed E-state index contributed by atoms with van der Waals surface area (Å²) in [5, 5.41) is 0. The zero-order valence-electron chi connectivity index (χ0n) is 20.2. The normalized spacial score (nSPS) is 17.5. The maximum absolute atomic E-state index is 15.0. The van der Waals surface area contributed by atoms with E-state index in [0.717, 1.165) is 0 Å². The van der Waals surface area contributed by atoms with Crippen molar-refractivity contribution in [1.29, 1.82) is 0 Å². The maximum atomic E-state index is 15.0. The van der Waals surface area contributed by atoms with E-state index >= 15 is 0 Å². The maximum Gasteiger partial charge on any atom is 0.460 e. The molecule has 2 nitrogen and oxygen atoms in total. The number of esters is 1. The molecule has 0 aliphatic rings. The standard InChI is InChI=1S/C17H5F27O2/c1-3(2)4(45)46-14(35,11(29,30)7(21,22)6(19,20)5(18,15(36,37)38)16(39,40)41)12(31,32)9(25,26)8(23,24)10(27,28)13(33,34)17(42,43)44/h1H2,2H3. The van der Waals surface area contributed by atoms with Gasteiger partial charge in [-0.2, -0.15) is 114 Å². The van der Waals surface area contributed by atoms with Gasteiger partial charge in [0.25, 0.3) is 0 Å². The van der Waals surface area contributed by atoms with Gasteiger partial charge in [-0.1, -0.05) is 6.58 Å². The van der Waals surface area contributed by atoms with Gasteiger partial charge < -0.3 is 4.74 Å². The van der Waals surface area contributed by atoms with E-state index in [1.165, 1.54) is 0 Å². The molecule has 274 valence electrons. The van der Waals surface area contributed by atoms with Crippen molar-refractivity contribution in [2.75, 3.05) is 0 Å². The zero-order chi connectivity index (χ0) is 38.4. The predicted molar refractivity (Wildman–Crippen MR) is 86.3 cm³/mol. The van der Waals surface area contributed by atoms with Crippen LogP contribution in [0.15, 0.2) is 12.2 Å². The topological polar surface area (TPSA) is 26.3 Å². The SMILES string of the molecule is C=C(C)C(=O)OC(F)(C(F)(F)C(F)(F)C(F)(F)C(F)(F)C(F)(F)C(F)(F)F)C(F)(F)C(F)(F)C(F)(F)C(F)(C(F)(F)F)C(F)(F)F. The predicted octanol–water partition coefficient (Wildman–Crippen LogP) is 9.25. The first-order valence-electron chi connectivity index (χ1n) is 9.82. The first-order valence-corrected chi connectivity index (χ1v) is 9.82. The molecule has 0 heterocycles. The van der Waals surface area contributed by atoms with Gasteiger partial charge in [0.15, 0.2) is 0 Å². The first kappa shape index (κ1) is 43.3. The van der Waals surface area contributed by atoms with E-state index in [1.807, 2.05) is 11.3 Å². The van der Waals surface area contributed by atoms with Gasteiger partial charge in [-0.3, -0.25) is 0 Å². The van der Waals surface area contributed by atoms with Crippen LogP contribution < -0.4 is 0 Å². The van der Waals surface area contributed by atoms with Crippen molar-refractivity contribution in [2.24, 2.45) is 0 Å². The molecule has 0 bridgehead atoms. The molecule has 0 saturated carbocycles. The second kappa shape index (κ2) is 10.7. The van der Waals surface area contributed by atoms with E-state index in [-0.39, 0.29) is 6.92 Å². The smallest absolute Gasteiger partial charge is 0.413 e. The number of carbonyl (C=O) groups is 1. The van der Waals surface area contributed by atoms with Crippen molar-refractivity contribution < 1.29 is 128 Å². The lowest BCUT2D eigenvalue weighted by Gasteiger charge is -2.48. The minimum atomic E-state index is -9.74. The molecular formula is C17H5F27O2. The molecule has 0 spiro atoms. The molecule has 29 heteroatoms. The van der Waals surface area contributed by atoms with Gasteiger partial charge in [0.05, 0.1) is 0 Å². The molecule has 0 radical (unpaired) electrons. The molecule has 1 unspecified atom stereocenters. The lowest BCUT2D eigenvalue weighted by atomic mass is 9.81. The fraction of sp³-hybridized carbons (Fsp3) is 0.824. The lowest BCUT2D eigenvalue weighted by Crippen LogP contribution is -2.81. The van der Waals surface area contributed by atoms with Crippen molar-refractivity contribution in [3.63, 3.8) is 0 Å². The Bertz CT molecular complexity index is 1150. The van der Waals surface area contributed by atoms with E-state index in [9.17, 15) is 123 Å². The molecule has 46 heavy (non-hydrogen) atoms. The highest BCUT2D eigenvalue weighted by Crippen LogP contribution is 2.69. The Balaban J connectivity index is 8.26. The van der Waals surface area contributed by atoms with Crippen LogP contribution in [-0.4, -0.2) is 83.4 Å². The highest BCUT2D eigenvalue weighted by atomic mass is 19.4. The van der Waals surface area contributed by atoms with Gasteiger partial charge in [-0.25, -0.2) is 9.18 Å². The van der Waals surface area contributed by atoms with E-state index in [2.05, 4.69) is 0 Å². The Kier molecular flexibility index (Phi) is 10.0. The summed E-state index contributed by atoms with van der Waals surface area (Å²) in [4.78, 5) is 11.3. The number of carbonyl (C=O) groups excluding carboxylic acids is 1.